The molecule has 4 N–H and O–H groups in total. The fraction of sp³-hybridized carbons (Fsp3) is 0.730. The van der Waals surface area contributed by atoms with Gasteiger partial charge in [-0.05, 0) is 72.6 Å². The summed E-state index contributed by atoms with van der Waals surface area (Å²) in [5, 5.41) is 12.3. The molecule has 13 nitrogen and oxygen atoms in total. The Morgan fingerprint density at radius 2 is 1.31 bits per heavy atom. The van der Waals surface area contributed by atoms with Gasteiger partial charge in [-0.25, -0.2) is 0 Å². The summed E-state index contributed by atoms with van der Waals surface area (Å²) < 4.78 is 12.4. The molecule has 1 saturated heterocycles. The van der Waals surface area contributed by atoms with Crippen LogP contribution in [0.5, 0.6) is 0 Å². The summed E-state index contributed by atoms with van der Waals surface area (Å²) >= 11 is 1.36. The second-order valence-electron chi connectivity index (χ2n) is 15.6. The molecule has 1 fully saturated rings. The molecule has 0 aromatic heterocycles. The van der Waals surface area contributed by atoms with Crippen LogP contribution in [0.4, 0.5) is 0 Å². The lowest BCUT2D eigenvalue weighted by Crippen LogP contribution is -2.62. The lowest BCUT2D eigenvalue weighted by atomic mass is 10.00. The van der Waals surface area contributed by atoms with Gasteiger partial charge in [0.15, 0.2) is 0 Å². The molecule has 0 saturated carbocycles. The molecule has 8 atom stereocenters. The summed E-state index contributed by atoms with van der Waals surface area (Å²) in [7, 11) is 0. The van der Waals surface area contributed by atoms with Gasteiger partial charge in [-0.3, -0.25) is 29.0 Å². The molecule has 0 aliphatic carbocycles. The number of hydrogen-bond donors (Lipinski definition) is 4. The maximum absolute atomic E-state index is 14.2. The minimum atomic E-state index is -1.18. The standard InChI is InChI=1S/C37H60N6O7S/c1-13-36(9,10)49-22(7)28-32(46)38-24(18-20(3)4)34-39-25(19-51-34)30(44)41-29(23(8)50-37(11,12)14-2)33(47)40-27(21(5)6)35(48)43-17-15-16-26(43)31(45)42-28/h13-14,20-29H,1-2,15-19H2,3-12H3,(H,38,46)(H,40,47)(H,41,44)(H,42,45)/t22-,23-,24+,25-,26+,27+,28+,29+/m1/s1. The summed E-state index contributed by atoms with van der Waals surface area (Å²) in [6, 6.07) is -5.59. The zero-order valence-electron chi connectivity index (χ0n) is 32.0. The van der Waals surface area contributed by atoms with Crippen LogP contribution < -0.4 is 21.3 Å². The van der Waals surface area contributed by atoms with Gasteiger partial charge in [-0.1, -0.05) is 39.8 Å². The number of thioether (sulfide) groups is 1. The molecule has 5 amide bonds. The molecule has 3 aliphatic rings. The second-order valence-corrected chi connectivity index (χ2v) is 16.7. The highest BCUT2D eigenvalue weighted by Crippen LogP contribution is 2.26. The number of ether oxygens (including phenoxy) is 2. The fourth-order valence-corrected chi connectivity index (χ4v) is 7.50. The lowest BCUT2D eigenvalue weighted by Gasteiger charge is -2.35. The van der Waals surface area contributed by atoms with Gasteiger partial charge in [0.05, 0.1) is 34.5 Å². The number of nitrogens with zero attached hydrogens (tertiary/aromatic N) is 2. The minimum absolute atomic E-state index is 0.150. The molecule has 286 valence electrons. The molecule has 2 bridgehead atoms. The Kier molecular flexibility index (Phi) is 14.5. The number of rotatable bonds is 11. The van der Waals surface area contributed by atoms with Crippen molar-refractivity contribution in [3.05, 3.63) is 25.3 Å². The van der Waals surface area contributed by atoms with Crippen LogP contribution in [0.25, 0.3) is 0 Å². The Labute approximate surface area is 307 Å². The highest BCUT2D eigenvalue weighted by molar-refractivity contribution is 8.14. The van der Waals surface area contributed by atoms with Crippen LogP contribution in [0.3, 0.4) is 0 Å². The molecular formula is C37H60N6O7S. The van der Waals surface area contributed by atoms with Crippen LogP contribution in [0.1, 0.15) is 88.5 Å². The molecule has 3 heterocycles. The van der Waals surface area contributed by atoms with Gasteiger partial charge in [0.2, 0.25) is 29.5 Å². The first kappa shape index (κ1) is 42.2. The second kappa shape index (κ2) is 17.5. The van der Waals surface area contributed by atoms with Crippen molar-refractivity contribution in [1.29, 1.82) is 0 Å². The van der Waals surface area contributed by atoms with Crippen molar-refractivity contribution in [2.75, 3.05) is 12.3 Å². The van der Waals surface area contributed by atoms with Crippen molar-refractivity contribution >= 4 is 46.3 Å². The lowest BCUT2D eigenvalue weighted by molar-refractivity contribution is -0.145. The van der Waals surface area contributed by atoms with Gasteiger partial charge < -0.3 is 35.6 Å². The van der Waals surface area contributed by atoms with E-state index in [9.17, 15) is 24.0 Å². The van der Waals surface area contributed by atoms with Crippen LogP contribution in [-0.2, 0) is 33.4 Å². The van der Waals surface area contributed by atoms with E-state index in [4.69, 9.17) is 14.5 Å². The van der Waals surface area contributed by atoms with E-state index >= 15 is 0 Å². The molecule has 0 spiro atoms. The summed E-state index contributed by atoms with van der Waals surface area (Å²) in [4.78, 5) is 76.5. The first-order chi connectivity index (χ1) is 23.7. The maximum atomic E-state index is 14.2. The number of carbonyl (C=O) groups is 5. The van der Waals surface area contributed by atoms with Gasteiger partial charge in [0.25, 0.3) is 0 Å². The number of aliphatic imine (C=N–C) groups is 1. The molecule has 51 heavy (non-hydrogen) atoms. The Bertz CT molecular complexity index is 1360. The van der Waals surface area contributed by atoms with Gasteiger partial charge in [-0.2, -0.15) is 0 Å². The van der Waals surface area contributed by atoms with Crippen LogP contribution >= 0.6 is 11.8 Å². The van der Waals surface area contributed by atoms with Crippen LogP contribution in [0.2, 0.25) is 0 Å². The van der Waals surface area contributed by atoms with Gasteiger partial charge in [0.1, 0.15) is 30.2 Å². The third kappa shape index (κ3) is 11.1. The Morgan fingerprint density at radius 1 is 0.804 bits per heavy atom. The quantitative estimate of drug-likeness (QED) is 0.236. The molecular weight excluding hydrogens is 673 g/mol. The van der Waals surface area contributed by atoms with Gasteiger partial charge in [0, 0.05) is 12.3 Å². The van der Waals surface area contributed by atoms with E-state index in [1.807, 2.05) is 27.7 Å². The zero-order chi connectivity index (χ0) is 38.4. The van der Waals surface area contributed by atoms with Crippen molar-refractivity contribution in [3.63, 3.8) is 0 Å². The summed E-state index contributed by atoms with van der Waals surface area (Å²) in [5.41, 5.74) is -1.63. The summed E-state index contributed by atoms with van der Waals surface area (Å²) in [6.45, 7) is 26.2. The van der Waals surface area contributed by atoms with Crippen molar-refractivity contribution in [1.82, 2.24) is 26.2 Å². The van der Waals surface area contributed by atoms with Crippen molar-refractivity contribution in [2.24, 2.45) is 16.8 Å². The van der Waals surface area contributed by atoms with E-state index in [0.29, 0.717) is 36.6 Å². The number of amides is 5. The Balaban J connectivity index is 2.13. The number of carbonyl (C=O) groups excluding carboxylic acids is 5. The minimum Gasteiger partial charge on any atom is -0.366 e. The highest BCUT2D eigenvalue weighted by atomic mass is 32.2. The van der Waals surface area contributed by atoms with Crippen molar-refractivity contribution in [3.8, 4) is 0 Å². The van der Waals surface area contributed by atoms with E-state index in [0.717, 1.165) is 0 Å². The smallest absolute Gasteiger partial charge is 0.246 e. The number of hydrogen-bond acceptors (Lipinski definition) is 9. The van der Waals surface area contributed by atoms with Crippen LogP contribution in [0, 0.1) is 11.8 Å². The summed E-state index contributed by atoms with van der Waals surface area (Å²) in [6.07, 6.45) is 3.08. The molecule has 0 aromatic rings. The predicted molar refractivity (Wildman–Crippen MR) is 200 cm³/mol. The molecule has 3 aliphatic heterocycles. The average molecular weight is 733 g/mol. The maximum Gasteiger partial charge on any atom is 0.246 e. The average Bonchev–Trinajstić information content (AvgIpc) is 3.74. The fourth-order valence-electron chi connectivity index (χ4n) is 6.39. The number of fused-ring (bicyclic) bond motifs is 2. The number of nitrogens with one attached hydrogen (secondary N) is 4. The molecule has 0 aromatic carbocycles. The van der Waals surface area contributed by atoms with Crippen LogP contribution in [0.15, 0.2) is 30.3 Å². The molecule has 14 heteroatoms. The molecule has 0 radical (unpaired) electrons. The SMILES string of the molecule is C=CC(C)(C)O[C@H](C)[C@@H]1NC(=O)[C@H]2CSC(=N2)[C@H](CC(C)C)NC(=O)[C@H]([C@@H](C)OC(C)(C)C=C)NC(=O)[C@@H]2CCCN2C(=O)[C@H](C(C)C)NC1=O. The van der Waals surface area contributed by atoms with Crippen molar-refractivity contribution in [2.45, 2.75) is 148 Å². The molecule has 3 rings (SSSR count). The highest BCUT2D eigenvalue weighted by Gasteiger charge is 2.43. The Morgan fingerprint density at radius 3 is 1.82 bits per heavy atom. The van der Waals surface area contributed by atoms with E-state index in [-0.39, 0.29) is 11.8 Å². The topological polar surface area (TPSA) is 168 Å². The first-order valence-corrected chi connectivity index (χ1v) is 19.0. The largest absolute Gasteiger partial charge is 0.366 e. The van der Waals surface area contributed by atoms with E-state index < -0.39 is 89.2 Å². The molecule has 0 unspecified atom stereocenters. The predicted octanol–water partition coefficient (Wildman–Crippen LogP) is 2.89. The summed E-state index contributed by atoms with van der Waals surface area (Å²) in [5.74, 6) is -2.39. The van der Waals surface area contributed by atoms with E-state index in [1.165, 1.54) is 16.7 Å². The van der Waals surface area contributed by atoms with E-state index in [2.05, 4.69) is 34.4 Å². The third-order valence-electron chi connectivity index (χ3n) is 9.43. The van der Waals surface area contributed by atoms with Crippen molar-refractivity contribution < 1.29 is 33.4 Å². The normalized spacial score (nSPS) is 28.5. The zero-order valence-corrected chi connectivity index (χ0v) is 32.9. The monoisotopic (exact) mass is 732 g/mol. The third-order valence-corrected chi connectivity index (χ3v) is 10.6. The van der Waals surface area contributed by atoms with E-state index in [1.54, 1.807) is 53.7 Å². The van der Waals surface area contributed by atoms with Gasteiger partial charge >= 0.3 is 0 Å². The Hall–Kier alpha value is -3.23. The first-order valence-electron chi connectivity index (χ1n) is 18.1. The van der Waals surface area contributed by atoms with Crippen LogP contribution in [-0.4, -0.2) is 111 Å². The van der Waals surface area contributed by atoms with Gasteiger partial charge in [-0.15, -0.1) is 24.9 Å².